The van der Waals surface area contributed by atoms with Crippen LogP contribution in [0.2, 0.25) is 0 Å². The van der Waals surface area contributed by atoms with E-state index >= 15 is 0 Å². The van der Waals surface area contributed by atoms with E-state index < -0.39 is 0 Å². The van der Waals surface area contributed by atoms with Crippen LogP contribution in [0.15, 0.2) is 65.5 Å². The van der Waals surface area contributed by atoms with Crippen LogP contribution in [0.4, 0.5) is 0 Å². The molecule has 3 aromatic carbocycles. The zero-order valence-electron chi connectivity index (χ0n) is 21.4. The zero-order chi connectivity index (χ0) is 25.8. The second-order valence-electron chi connectivity index (χ2n) is 8.82. The summed E-state index contributed by atoms with van der Waals surface area (Å²) in [5, 5.41) is 0.577. The highest BCUT2D eigenvalue weighted by Crippen LogP contribution is 2.28. The molecule has 0 atom stereocenters. The highest BCUT2D eigenvalue weighted by atomic mass is 16.5. The van der Waals surface area contributed by atoms with E-state index in [1.165, 1.54) is 0 Å². The van der Waals surface area contributed by atoms with Crippen molar-refractivity contribution >= 4 is 16.8 Å². The highest BCUT2D eigenvalue weighted by molar-refractivity contribution is 5.78. The van der Waals surface area contributed by atoms with Gasteiger partial charge in [-0.1, -0.05) is 30.3 Å². The molecule has 0 aliphatic rings. The van der Waals surface area contributed by atoms with Gasteiger partial charge in [-0.15, -0.1) is 0 Å². The van der Waals surface area contributed by atoms with Gasteiger partial charge < -0.3 is 14.4 Å². The Morgan fingerprint density at radius 3 is 2.39 bits per heavy atom. The SMILES string of the molecule is COc1ccc(CCN(Cc2ccc(C)c(-n3c(C)nc4ccccc4c3=O)c2)C(C)=O)cc1OC. The Hall–Kier alpha value is -4.13. The van der Waals surface area contributed by atoms with Gasteiger partial charge >= 0.3 is 0 Å². The van der Waals surface area contributed by atoms with Crippen LogP contribution < -0.4 is 15.0 Å². The Bertz CT molecular complexity index is 1480. The number of nitrogens with zero attached hydrogens (tertiary/aromatic N) is 3. The standard InChI is InChI=1S/C29H31N3O4/c1-19-10-11-23(16-26(19)32-20(2)30-25-9-7-6-8-24(25)29(32)34)18-31(21(3)33)15-14-22-12-13-27(35-4)28(17-22)36-5/h6-13,16-17H,14-15,18H2,1-5H3. The van der Waals surface area contributed by atoms with Crippen LogP contribution in [-0.4, -0.2) is 41.1 Å². The molecule has 7 heteroatoms. The number of hydrogen-bond donors (Lipinski definition) is 0. The molecule has 4 rings (SSSR count). The van der Waals surface area contributed by atoms with E-state index in [9.17, 15) is 9.59 Å². The van der Waals surface area contributed by atoms with E-state index in [2.05, 4.69) is 4.98 Å². The van der Waals surface area contributed by atoms with Gasteiger partial charge in [0.25, 0.3) is 5.56 Å². The summed E-state index contributed by atoms with van der Waals surface area (Å²) in [7, 11) is 3.21. The molecule has 186 valence electrons. The molecule has 0 aliphatic carbocycles. The van der Waals surface area contributed by atoms with Crippen molar-refractivity contribution in [2.24, 2.45) is 0 Å². The first kappa shape index (κ1) is 25.0. The fourth-order valence-electron chi connectivity index (χ4n) is 4.39. The number of aryl methyl sites for hydroxylation is 2. The molecule has 1 aromatic heterocycles. The smallest absolute Gasteiger partial charge is 0.265 e. The third-order valence-corrected chi connectivity index (χ3v) is 6.39. The fraction of sp³-hybridized carbons (Fsp3) is 0.276. The van der Waals surface area contributed by atoms with E-state index in [1.807, 2.05) is 68.4 Å². The normalized spacial score (nSPS) is 10.9. The number of carbonyl (C=O) groups is 1. The molecule has 0 radical (unpaired) electrons. The molecule has 4 aromatic rings. The number of carbonyl (C=O) groups excluding carboxylic acids is 1. The lowest BCUT2D eigenvalue weighted by Crippen LogP contribution is -2.30. The summed E-state index contributed by atoms with van der Waals surface area (Å²) in [5.74, 6) is 1.94. The first-order valence-corrected chi connectivity index (χ1v) is 11.9. The predicted octanol–water partition coefficient (Wildman–Crippen LogP) is 4.61. The van der Waals surface area contributed by atoms with Crippen molar-refractivity contribution in [1.82, 2.24) is 14.5 Å². The van der Waals surface area contributed by atoms with Gasteiger partial charge in [-0.25, -0.2) is 4.98 Å². The van der Waals surface area contributed by atoms with Crippen LogP contribution in [0.1, 0.15) is 29.4 Å². The summed E-state index contributed by atoms with van der Waals surface area (Å²) in [5.41, 5.74) is 4.31. The van der Waals surface area contributed by atoms with Crippen LogP contribution >= 0.6 is 0 Å². The van der Waals surface area contributed by atoms with Crippen LogP contribution in [0.25, 0.3) is 16.6 Å². The average Bonchev–Trinajstić information content (AvgIpc) is 2.87. The Balaban J connectivity index is 1.61. The molecular formula is C29H31N3O4. The van der Waals surface area contributed by atoms with Crippen LogP contribution in [-0.2, 0) is 17.8 Å². The number of ether oxygens (including phenoxy) is 2. The van der Waals surface area contributed by atoms with E-state index in [0.717, 1.165) is 22.4 Å². The maximum Gasteiger partial charge on any atom is 0.265 e. The van der Waals surface area contributed by atoms with Gasteiger partial charge in [-0.3, -0.25) is 14.2 Å². The summed E-state index contributed by atoms with van der Waals surface area (Å²) in [6.45, 7) is 6.37. The molecule has 0 fully saturated rings. The van der Waals surface area contributed by atoms with Crippen molar-refractivity contribution in [2.45, 2.75) is 33.7 Å². The molecule has 1 amide bonds. The third-order valence-electron chi connectivity index (χ3n) is 6.39. The van der Waals surface area contributed by atoms with Gasteiger partial charge in [-0.05, 0) is 67.3 Å². The van der Waals surface area contributed by atoms with Crippen LogP contribution in [0.3, 0.4) is 0 Å². The fourth-order valence-corrected chi connectivity index (χ4v) is 4.39. The quantitative estimate of drug-likeness (QED) is 0.364. The maximum absolute atomic E-state index is 13.3. The zero-order valence-corrected chi connectivity index (χ0v) is 21.4. The van der Waals surface area contributed by atoms with Gasteiger partial charge in [0, 0.05) is 20.0 Å². The molecule has 1 heterocycles. The number of aromatic nitrogens is 2. The number of para-hydroxylation sites is 1. The molecular weight excluding hydrogens is 454 g/mol. The minimum atomic E-state index is -0.102. The van der Waals surface area contributed by atoms with Crippen molar-refractivity contribution < 1.29 is 14.3 Å². The average molecular weight is 486 g/mol. The number of amides is 1. The van der Waals surface area contributed by atoms with Crippen LogP contribution in [0.5, 0.6) is 11.5 Å². The van der Waals surface area contributed by atoms with Crippen LogP contribution in [0, 0.1) is 13.8 Å². The molecule has 36 heavy (non-hydrogen) atoms. The Labute approximate surface area is 210 Å². The van der Waals surface area contributed by atoms with E-state index in [1.54, 1.807) is 36.7 Å². The Kier molecular flexibility index (Phi) is 7.38. The third kappa shape index (κ3) is 5.10. The Morgan fingerprint density at radius 1 is 0.944 bits per heavy atom. The molecule has 7 nitrogen and oxygen atoms in total. The van der Waals surface area contributed by atoms with E-state index in [-0.39, 0.29) is 11.5 Å². The van der Waals surface area contributed by atoms with Gasteiger partial charge in [-0.2, -0.15) is 0 Å². The number of rotatable bonds is 8. The van der Waals surface area contributed by atoms with Crippen molar-refractivity contribution in [3.05, 3.63) is 93.5 Å². The molecule has 0 bridgehead atoms. The van der Waals surface area contributed by atoms with Gasteiger partial charge in [0.05, 0.1) is 30.8 Å². The van der Waals surface area contributed by atoms with Crippen molar-refractivity contribution in [2.75, 3.05) is 20.8 Å². The molecule has 0 unspecified atom stereocenters. The lowest BCUT2D eigenvalue weighted by atomic mass is 10.1. The summed E-state index contributed by atoms with van der Waals surface area (Å²) in [4.78, 5) is 32.3. The topological polar surface area (TPSA) is 73.7 Å². The minimum absolute atomic E-state index is 0.0154. The van der Waals surface area contributed by atoms with Crippen molar-refractivity contribution in [3.8, 4) is 17.2 Å². The van der Waals surface area contributed by atoms with Crippen molar-refractivity contribution in [1.29, 1.82) is 0 Å². The van der Waals surface area contributed by atoms with Crippen molar-refractivity contribution in [3.63, 3.8) is 0 Å². The first-order chi connectivity index (χ1) is 17.3. The lowest BCUT2D eigenvalue weighted by Gasteiger charge is -2.22. The molecule has 0 N–H and O–H groups in total. The lowest BCUT2D eigenvalue weighted by molar-refractivity contribution is -0.129. The molecule has 0 saturated carbocycles. The molecule has 0 saturated heterocycles. The number of fused-ring (bicyclic) bond motifs is 1. The van der Waals surface area contributed by atoms with E-state index in [0.29, 0.717) is 47.7 Å². The summed E-state index contributed by atoms with van der Waals surface area (Å²) in [6.07, 6.45) is 0.672. The molecule has 0 aliphatic heterocycles. The molecule has 0 spiro atoms. The largest absolute Gasteiger partial charge is 0.493 e. The minimum Gasteiger partial charge on any atom is -0.493 e. The number of hydrogen-bond acceptors (Lipinski definition) is 5. The van der Waals surface area contributed by atoms with Gasteiger partial charge in [0.15, 0.2) is 11.5 Å². The van der Waals surface area contributed by atoms with Gasteiger partial charge in [0.2, 0.25) is 5.91 Å². The first-order valence-electron chi connectivity index (χ1n) is 11.9. The summed E-state index contributed by atoms with van der Waals surface area (Å²) >= 11 is 0. The summed E-state index contributed by atoms with van der Waals surface area (Å²) in [6, 6.07) is 19.1. The highest BCUT2D eigenvalue weighted by Gasteiger charge is 2.15. The van der Waals surface area contributed by atoms with E-state index in [4.69, 9.17) is 9.47 Å². The monoisotopic (exact) mass is 485 g/mol. The number of benzene rings is 3. The van der Waals surface area contributed by atoms with Gasteiger partial charge in [0.1, 0.15) is 5.82 Å². The second kappa shape index (κ2) is 10.6. The second-order valence-corrected chi connectivity index (χ2v) is 8.82. The Morgan fingerprint density at radius 2 is 1.67 bits per heavy atom. The predicted molar refractivity (Wildman–Crippen MR) is 141 cm³/mol. The summed E-state index contributed by atoms with van der Waals surface area (Å²) < 4.78 is 12.4. The number of methoxy groups -OCH3 is 2. The maximum atomic E-state index is 13.3.